The van der Waals surface area contributed by atoms with E-state index >= 15 is 0 Å². The molecule has 0 aliphatic rings. The van der Waals surface area contributed by atoms with E-state index in [1.807, 2.05) is 12.3 Å². The Morgan fingerprint density at radius 2 is 2.14 bits per heavy atom. The highest BCUT2D eigenvalue weighted by atomic mass is 32.1. The zero-order valence-corrected chi connectivity index (χ0v) is 12.7. The Hall–Kier alpha value is -1.89. The summed E-state index contributed by atoms with van der Waals surface area (Å²) in [6.45, 7) is 2.16. The standard InChI is InChI=1S/C14H20N2O4S/c1-2-4-10(9-13(18)19)16-12(17)6-7-15-14(20)11-5-3-8-21-11/h3,5,8,10H,2,4,6-7,9H2,1H3,(H,15,20)(H,16,17)(H,18,19). The molecule has 0 saturated heterocycles. The minimum Gasteiger partial charge on any atom is -0.481 e. The zero-order valence-electron chi connectivity index (χ0n) is 11.9. The van der Waals surface area contributed by atoms with Gasteiger partial charge in [0.1, 0.15) is 0 Å². The van der Waals surface area contributed by atoms with Crippen molar-refractivity contribution in [3.8, 4) is 0 Å². The fraction of sp³-hybridized carbons (Fsp3) is 0.500. The molecule has 1 aromatic rings. The second-order valence-electron chi connectivity index (χ2n) is 4.63. The minimum absolute atomic E-state index is 0.0822. The largest absolute Gasteiger partial charge is 0.481 e. The van der Waals surface area contributed by atoms with Crippen molar-refractivity contribution in [3.05, 3.63) is 22.4 Å². The van der Waals surface area contributed by atoms with Crippen LogP contribution in [0.2, 0.25) is 0 Å². The van der Waals surface area contributed by atoms with E-state index in [2.05, 4.69) is 10.6 Å². The summed E-state index contributed by atoms with van der Waals surface area (Å²) in [6.07, 6.45) is 1.48. The Balaban J connectivity index is 2.29. The van der Waals surface area contributed by atoms with Crippen molar-refractivity contribution in [2.45, 2.75) is 38.6 Å². The lowest BCUT2D eigenvalue weighted by Gasteiger charge is -2.16. The summed E-state index contributed by atoms with van der Waals surface area (Å²) in [4.78, 5) is 34.7. The smallest absolute Gasteiger partial charge is 0.305 e. The summed E-state index contributed by atoms with van der Waals surface area (Å²) in [6, 6.07) is 3.14. The quantitative estimate of drug-likeness (QED) is 0.646. The number of aliphatic carboxylic acids is 1. The summed E-state index contributed by atoms with van der Waals surface area (Å²) in [5, 5.41) is 15.9. The van der Waals surface area contributed by atoms with Crippen LogP contribution in [0.5, 0.6) is 0 Å². The number of carboxylic acid groups (broad SMARTS) is 1. The Labute approximate surface area is 127 Å². The Morgan fingerprint density at radius 3 is 2.71 bits per heavy atom. The molecule has 2 amide bonds. The molecule has 7 heteroatoms. The molecule has 6 nitrogen and oxygen atoms in total. The molecular formula is C14H20N2O4S. The number of hydrogen-bond donors (Lipinski definition) is 3. The maximum absolute atomic E-state index is 11.7. The lowest BCUT2D eigenvalue weighted by Crippen LogP contribution is -2.38. The molecule has 0 radical (unpaired) electrons. The Kier molecular flexibility index (Phi) is 7.45. The summed E-state index contributed by atoms with van der Waals surface area (Å²) in [5.41, 5.74) is 0. The molecule has 0 aromatic carbocycles. The highest BCUT2D eigenvalue weighted by Crippen LogP contribution is 2.07. The molecule has 1 heterocycles. The maximum Gasteiger partial charge on any atom is 0.305 e. The second kappa shape index (κ2) is 9.12. The van der Waals surface area contributed by atoms with Crippen LogP contribution in [0.3, 0.4) is 0 Å². The molecule has 0 aliphatic heterocycles. The van der Waals surface area contributed by atoms with E-state index in [4.69, 9.17) is 5.11 Å². The number of rotatable bonds is 9. The molecule has 3 N–H and O–H groups in total. The van der Waals surface area contributed by atoms with Crippen LogP contribution in [0.15, 0.2) is 17.5 Å². The van der Waals surface area contributed by atoms with Crippen LogP contribution in [0.1, 0.15) is 42.3 Å². The highest BCUT2D eigenvalue weighted by molar-refractivity contribution is 7.12. The third kappa shape index (κ3) is 6.89. The van der Waals surface area contributed by atoms with Gasteiger partial charge in [-0.3, -0.25) is 14.4 Å². The van der Waals surface area contributed by atoms with E-state index in [0.717, 1.165) is 6.42 Å². The van der Waals surface area contributed by atoms with Gasteiger partial charge in [-0.2, -0.15) is 0 Å². The third-order valence-corrected chi connectivity index (χ3v) is 3.67. The van der Waals surface area contributed by atoms with Crippen molar-refractivity contribution in [3.63, 3.8) is 0 Å². The monoisotopic (exact) mass is 312 g/mol. The lowest BCUT2D eigenvalue weighted by molar-refractivity contribution is -0.137. The molecule has 0 fully saturated rings. The van der Waals surface area contributed by atoms with Gasteiger partial charge in [-0.05, 0) is 17.9 Å². The van der Waals surface area contributed by atoms with Gasteiger partial charge in [0.15, 0.2) is 0 Å². The van der Waals surface area contributed by atoms with E-state index in [1.165, 1.54) is 11.3 Å². The fourth-order valence-electron chi connectivity index (χ4n) is 1.87. The van der Waals surface area contributed by atoms with E-state index in [1.54, 1.807) is 12.1 Å². The molecule has 1 rings (SSSR count). The average Bonchev–Trinajstić information content (AvgIpc) is 2.91. The minimum atomic E-state index is -0.931. The van der Waals surface area contributed by atoms with Crippen LogP contribution < -0.4 is 10.6 Å². The van der Waals surface area contributed by atoms with Crippen molar-refractivity contribution in [1.29, 1.82) is 0 Å². The van der Waals surface area contributed by atoms with Gasteiger partial charge < -0.3 is 15.7 Å². The molecule has 0 bridgehead atoms. The summed E-state index contributed by atoms with van der Waals surface area (Å²) < 4.78 is 0. The molecule has 116 valence electrons. The van der Waals surface area contributed by atoms with Gasteiger partial charge in [0.25, 0.3) is 5.91 Å². The van der Waals surface area contributed by atoms with Crippen molar-refractivity contribution < 1.29 is 19.5 Å². The van der Waals surface area contributed by atoms with Gasteiger partial charge in [-0.15, -0.1) is 11.3 Å². The van der Waals surface area contributed by atoms with Crippen LogP contribution in [0, 0.1) is 0 Å². The summed E-state index contributed by atoms with van der Waals surface area (Å²) in [5.74, 6) is -1.38. The van der Waals surface area contributed by atoms with Crippen LogP contribution in [0.4, 0.5) is 0 Å². The SMILES string of the molecule is CCCC(CC(=O)O)NC(=O)CCNC(=O)c1cccs1. The number of amides is 2. The zero-order chi connectivity index (χ0) is 15.7. The van der Waals surface area contributed by atoms with Crippen LogP contribution in [-0.2, 0) is 9.59 Å². The van der Waals surface area contributed by atoms with E-state index in [0.29, 0.717) is 11.3 Å². The first-order chi connectivity index (χ1) is 10.0. The molecule has 21 heavy (non-hydrogen) atoms. The van der Waals surface area contributed by atoms with E-state index < -0.39 is 5.97 Å². The van der Waals surface area contributed by atoms with Crippen molar-refractivity contribution in [2.75, 3.05) is 6.54 Å². The first-order valence-corrected chi connectivity index (χ1v) is 7.73. The van der Waals surface area contributed by atoms with Crippen LogP contribution in [0.25, 0.3) is 0 Å². The predicted molar refractivity (Wildman–Crippen MR) is 80.4 cm³/mol. The van der Waals surface area contributed by atoms with Gasteiger partial charge in [0.05, 0.1) is 11.3 Å². The molecule has 0 saturated carbocycles. The Bertz CT molecular complexity index is 473. The molecule has 1 aromatic heterocycles. The maximum atomic E-state index is 11.7. The predicted octanol–water partition coefficient (Wildman–Crippen LogP) is 1.63. The van der Waals surface area contributed by atoms with E-state index in [-0.39, 0.29) is 37.2 Å². The summed E-state index contributed by atoms with van der Waals surface area (Å²) >= 11 is 1.34. The first-order valence-electron chi connectivity index (χ1n) is 6.85. The van der Waals surface area contributed by atoms with Gasteiger partial charge in [-0.25, -0.2) is 0 Å². The van der Waals surface area contributed by atoms with Crippen molar-refractivity contribution >= 4 is 29.1 Å². The van der Waals surface area contributed by atoms with Crippen molar-refractivity contribution in [2.24, 2.45) is 0 Å². The van der Waals surface area contributed by atoms with Crippen LogP contribution >= 0.6 is 11.3 Å². The third-order valence-electron chi connectivity index (χ3n) is 2.81. The van der Waals surface area contributed by atoms with Gasteiger partial charge in [0.2, 0.25) is 5.91 Å². The Morgan fingerprint density at radius 1 is 1.38 bits per heavy atom. The first kappa shape index (κ1) is 17.2. The molecule has 0 spiro atoms. The summed E-state index contributed by atoms with van der Waals surface area (Å²) in [7, 11) is 0. The van der Waals surface area contributed by atoms with Gasteiger partial charge in [-0.1, -0.05) is 19.4 Å². The van der Waals surface area contributed by atoms with Crippen molar-refractivity contribution in [1.82, 2.24) is 10.6 Å². The number of carbonyl (C=O) groups excluding carboxylic acids is 2. The normalized spacial score (nSPS) is 11.7. The lowest BCUT2D eigenvalue weighted by atomic mass is 10.1. The molecular weight excluding hydrogens is 292 g/mol. The number of carbonyl (C=O) groups is 3. The van der Waals surface area contributed by atoms with Gasteiger partial charge >= 0.3 is 5.97 Å². The van der Waals surface area contributed by atoms with Crippen LogP contribution in [-0.4, -0.2) is 35.5 Å². The number of carboxylic acids is 1. The van der Waals surface area contributed by atoms with E-state index in [9.17, 15) is 14.4 Å². The molecule has 1 atom stereocenters. The molecule has 1 unspecified atom stereocenters. The highest BCUT2D eigenvalue weighted by Gasteiger charge is 2.15. The number of nitrogens with one attached hydrogen (secondary N) is 2. The average molecular weight is 312 g/mol. The molecule has 0 aliphatic carbocycles. The second-order valence-corrected chi connectivity index (χ2v) is 5.58. The number of hydrogen-bond acceptors (Lipinski definition) is 4. The topological polar surface area (TPSA) is 95.5 Å². The fourth-order valence-corrected chi connectivity index (χ4v) is 2.51. The number of thiophene rings is 1. The van der Waals surface area contributed by atoms with Gasteiger partial charge in [0, 0.05) is 19.0 Å².